The molecule has 82 valence electrons. The molecule has 2 fully saturated rings. The SMILES string of the molecule is CC1CC(C)CC2(C1)CC2S(=O)(=O)[O-]. The highest BCUT2D eigenvalue weighted by Gasteiger charge is 2.59. The van der Waals surface area contributed by atoms with Crippen LogP contribution in [-0.4, -0.2) is 18.2 Å². The van der Waals surface area contributed by atoms with Crippen molar-refractivity contribution in [1.29, 1.82) is 0 Å². The molecule has 0 N–H and O–H groups in total. The average molecular weight is 217 g/mol. The second-order valence-corrected chi connectivity index (χ2v) is 6.96. The fraction of sp³-hybridized carbons (Fsp3) is 1.00. The van der Waals surface area contributed by atoms with Crippen molar-refractivity contribution in [1.82, 2.24) is 0 Å². The second-order valence-electron chi connectivity index (χ2n) is 5.40. The van der Waals surface area contributed by atoms with Gasteiger partial charge in [0.2, 0.25) is 0 Å². The van der Waals surface area contributed by atoms with E-state index in [1.54, 1.807) is 0 Å². The molecule has 0 aromatic heterocycles. The van der Waals surface area contributed by atoms with E-state index in [2.05, 4.69) is 13.8 Å². The Balaban J connectivity index is 2.13. The van der Waals surface area contributed by atoms with Gasteiger partial charge < -0.3 is 4.55 Å². The Morgan fingerprint density at radius 1 is 1.14 bits per heavy atom. The summed E-state index contributed by atoms with van der Waals surface area (Å²) in [6.07, 6.45) is 3.66. The van der Waals surface area contributed by atoms with Crippen LogP contribution in [0.3, 0.4) is 0 Å². The molecule has 3 unspecified atom stereocenters. The molecule has 0 saturated heterocycles. The van der Waals surface area contributed by atoms with E-state index in [9.17, 15) is 13.0 Å². The standard InChI is InChI=1S/C10H18O3S/c1-7-3-8(2)5-10(4-7)6-9(10)14(11,12)13/h7-9H,3-6H2,1-2H3,(H,11,12,13)/p-1. The highest BCUT2D eigenvalue weighted by Crippen LogP contribution is 2.61. The average Bonchev–Trinajstić information content (AvgIpc) is 2.58. The summed E-state index contributed by atoms with van der Waals surface area (Å²) in [6, 6.07) is 0. The Hall–Kier alpha value is -0.0900. The predicted molar refractivity (Wildman–Crippen MR) is 52.7 cm³/mol. The number of hydrogen-bond acceptors (Lipinski definition) is 3. The lowest BCUT2D eigenvalue weighted by Gasteiger charge is -2.32. The van der Waals surface area contributed by atoms with Gasteiger partial charge in [-0.1, -0.05) is 13.8 Å². The molecule has 4 heteroatoms. The van der Waals surface area contributed by atoms with Gasteiger partial charge in [-0.3, -0.25) is 0 Å². The van der Waals surface area contributed by atoms with Crippen LogP contribution in [0.15, 0.2) is 0 Å². The quantitative estimate of drug-likeness (QED) is 0.629. The molecule has 0 bridgehead atoms. The first-order chi connectivity index (χ1) is 6.33. The zero-order chi connectivity index (χ0) is 10.6. The predicted octanol–water partition coefficient (Wildman–Crippen LogP) is 1.75. The topological polar surface area (TPSA) is 57.2 Å². The minimum absolute atomic E-state index is 0.127. The number of hydrogen-bond donors (Lipinski definition) is 0. The smallest absolute Gasteiger partial charge is 0.0981 e. The van der Waals surface area contributed by atoms with Gasteiger partial charge in [0.15, 0.2) is 0 Å². The van der Waals surface area contributed by atoms with Crippen molar-refractivity contribution in [2.24, 2.45) is 17.3 Å². The van der Waals surface area contributed by atoms with Gasteiger partial charge in [0.05, 0.1) is 15.4 Å². The van der Waals surface area contributed by atoms with Gasteiger partial charge in [0.1, 0.15) is 0 Å². The summed E-state index contributed by atoms with van der Waals surface area (Å²) in [5.41, 5.74) is -0.127. The molecular weight excluding hydrogens is 200 g/mol. The zero-order valence-corrected chi connectivity index (χ0v) is 9.51. The summed E-state index contributed by atoms with van der Waals surface area (Å²) in [4.78, 5) is 0. The monoisotopic (exact) mass is 217 g/mol. The summed E-state index contributed by atoms with van der Waals surface area (Å²) < 4.78 is 32.8. The summed E-state index contributed by atoms with van der Waals surface area (Å²) in [6.45, 7) is 4.31. The minimum Gasteiger partial charge on any atom is -0.748 e. The maximum Gasteiger partial charge on any atom is 0.0981 e. The maximum absolute atomic E-state index is 10.9. The van der Waals surface area contributed by atoms with Crippen molar-refractivity contribution in [3.8, 4) is 0 Å². The lowest BCUT2D eigenvalue weighted by atomic mass is 9.74. The molecule has 3 nitrogen and oxygen atoms in total. The van der Waals surface area contributed by atoms with E-state index in [0.717, 1.165) is 12.8 Å². The number of rotatable bonds is 1. The van der Waals surface area contributed by atoms with E-state index in [0.29, 0.717) is 18.3 Å². The maximum atomic E-state index is 10.9. The van der Waals surface area contributed by atoms with Crippen LogP contribution in [0.2, 0.25) is 0 Å². The van der Waals surface area contributed by atoms with Gasteiger partial charge in [0.25, 0.3) is 0 Å². The van der Waals surface area contributed by atoms with Crippen LogP contribution in [0.1, 0.15) is 39.5 Å². The lowest BCUT2D eigenvalue weighted by Crippen LogP contribution is -2.26. The molecule has 3 atom stereocenters. The van der Waals surface area contributed by atoms with Gasteiger partial charge in [-0.05, 0) is 42.9 Å². The molecule has 0 aromatic rings. The first-order valence-electron chi connectivity index (χ1n) is 5.28. The van der Waals surface area contributed by atoms with E-state index < -0.39 is 15.4 Å². The zero-order valence-electron chi connectivity index (χ0n) is 8.69. The lowest BCUT2D eigenvalue weighted by molar-refractivity contribution is 0.201. The van der Waals surface area contributed by atoms with Crippen molar-refractivity contribution in [3.63, 3.8) is 0 Å². The van der Waals surface area contributed by atoms with Crippen LogP contribution in [0, 0.1) is 17.3 Å². The van der Waals surface area contributed by atoms with E-state index in [-0.39, 0.29) is 5.41 Å². The normalized spacial score (nSPS) is 48.1. The molecule has 2 saturated carbocycles. The highest BCUT2D eigenvalue weighted by molar-refractivity contribution is 7.86. The van der Waals surface area contributed by atoms with Crippen LogP contribution in [0.25, 0.3) is 0 Å². The van der Waals surface area contributed by atoms with E-state index in [4.69, 9.17) is 0 Å². The molecular formula is C10H17O3S-. The van der Waals surface area contributed by atoms with E-state index >= 15 is 0 Å². The second kappa shape index (κ2) is 2.95. The van der Waals surface area contributed by atoms with Crippen LogP contribution in [-0.2, 0) is 10.1 Å². The highest BCUT2D eigenvalue weighted by atomic mass is 32.2. The van der Waals surface area contributed by atoms with Crippen LogP contribution in [0.4, 0.5) is 0 Å². The van der Waals surface area contributed by atoms with Crippen molar-refractivity contribution in [2.75, 3.05) is 0 Å². The summed E-state index contributed by atoms with van der Waals surface area (Å²) >= 11 is 0. The van der Waals surface area contributed by atoms with Crippen LogP contribution < -0.4 is 0 Å². The van der Waals surface area contributed by atoms with Crippen LogP contribution in [0.5, 0.6) is 0 Å². The molecule has 2 aliphatic carbocycles. The summed E-state index contributed by atoms with van der Waals surface area (Å²) in [7, 11) is -4.03. The van der Waals surface area contributed by atoms with E-state index in [1.807, 2.05) is 0 Å². The van der Waals surface area contributed by atoms with Crippen molar-refractivity contribution in [2.45, 2.75) is 44.8 Å². The summed E-state index contributed by atoms with van der Waals surface area (Å²) in [5.74, 6) is 1.15. The molecule has 14 heavy (non-hydrogen) atoms. The third-order valence-corrected chi connectivity index (χ3v) is 5.14. The molecule has 0 aromatic carbocycles. The third kappa shape index (κ3) is 1.70. The fourth-order valence-corrected chi connectivity index (χ4v) is 4.81. The molecule has 0 heterocycles. The Labute approximate surface area is 85.6 Å². The first-order valence-corrected chi connectivity index (χ1v) is 6.75. The molecule has 1 spiro atoms. The van der Waals surface area contributed by atoms with Gasteiger partial charge >= 0.3 is 0 Å². The van der Waals surface area contributed by atoms with Gasteiger partial charge in [-0.25, -0.2) is 8.42 Å². The molecule has 0 radical (unpaired) electrons. The van der Waals surface area contributed by atoms with Gasteiger partial charge in [-0.2, -0.15) is 0 Å². The molecule has 2 aliphatic rings. The Morgan fingerprint density at radius 3 is 2.00 bits per heavy atom. The minimum atomic E-state index is -4.03. The van der Waals surface area contributed by atoms with Gasteiger partial charge in [-0.15, -0.1) is 0 Å². The molecule has 0 aliphatic heterocycles. The van der Waals surface area contributed by atoms with Gasteiger partial charge in [0, 0.05) is 0 Å². The fourth-order valence-electron chi connectivity index (χ4n) is 3.47. The first kappa shape index (κ1) is 10.4. The van der Waals surface area contributed by atoms with E-state index in [1.165, 1.54) is 6.42 Å². The summed E-state index contributed by atoms with van der Waals surface area (Å²) in [5, 5.41) is -0.569. The van der Waals surface area contributed by atoms with Crippen molar-refractivity contribution >= 4 is 10.1 Å². The molecule has 2 rings (SSSR count). The third-order valence-electron chi connectivity index (χ3n) is 3.78. The van der Waals surface area contributed by atoms with Crippen molar-refractivity contribution < 1.29 is 13.0 Å². The largest absolute Gasteiger partial charge is 0.748 e. The Kier molecular flexibility index (Phi) is 2.20. The van der Waals surface area contributed by atoms with Crippen LogP contribution >= 0.6 is 0 Å². The Morgan fingerprint density at radius 2 is 1.64 bits per heavy atom. The molecule has 0 amide bonds. The van der Waals surface area contributed by atoms with Crippen molar-refractivity contribution in [3.05, 3.63) is 0 Å². The Bertz CT molecular complexity index is 323.